The number of carbonyl (C=O) groups excluding carboxylic acids is 1. The van der Waals surface area contributed by atoms with Gasteiger partial charge in [-0.3, -0.25) is 9.69 Å². The minimum atomic E-state index is -0.324. The van der Waals surface area contributed by atoms with Crippen LogP contribution in [0.4, 0.5) is 14.5 Å². The predicted octanol–water partition coefficient (Wildman–Crippen LogP) is 4.77. The molecule has 180 valence electrons. The van der Waals surface area contributed by atoms with Crippen LogP contribution in [0.2, 0.25) is 0 Å². The molecule has 2 aliphatic rings. The van der Waals surface area contributed by atoms with E-state index in [2.05, 4.69) is 10.0 Å². The first kappa shape index (κ1) is 23.2. The molecule has 0 radical (unpaired) electrons. The lowest BCUT2D eigenvalue weighted by Gasteiger charge is -2.36. The number of halogens is 2. The zero-order chi connectivity index (χ0) is 24.4. The second-order valence-corrected chi connectivity index (χ2v) is 9.14. The van der Waals surface area contributed by atoms with Crippen molar-refractivity contribution >= 4 is 17.3 Å². The van der Waals surface area contributed by atoms with Crippen molar-refractivity contribution in [1.29, 1.82) is 0 Å². The molecule has 35 heavy (non-hydrogen) atoms. The van der Waals surface area contributed by atoms with Gasteiger partial charge in [-0.1, -0.05) is 54.1 Å². The van der Waals surface area contributed by atoms with E-state index in [1.807, 2.05) is 48.2 Å². The normalized spacial score (nSPS) is 18.6. The van der Waals surface area contributed by atoms with Crippen LogP contribution in [0.5, 0.6) is 0 Å². The smallest absolute Gasteiger partial charge is 0.257 e. The van der Waals surface area contributed by atoms with Crippen LogP contribution < -0.4 is 4.90 Å². The number of anilines is 1. The summed E-state index contributed by atoms with van der Waals surface area (Å²) in [6, 6.07) is 21.0. The Hall–Kier alpha value is -3.58. The number of rotatable bonds is 5. The van der Waals surface area contributed by atoms with Crippen molar-refractivity contribution in [3.63, 3.8) is 0 Å². The molecule has 5 nitrogen and oxygen atoms in total. The number of benzene rings is 3. The predicted molar refractivity (Wildman–Crippen MR) is 133 cm³/mol. The summed E-state index contributed by atoms with van der Waals surface area (Å²) >= 11 is 0. The van der Waals surface area contributed by atoms with Crippen LogP contribution >= 0.6 is 0 Å². The fourth-order valence-electron chi connectivity index (χ4n) is 4.75. The zero-order valence-corrected chi connectivity index (χ0v) is 19.7. The van der Waals surface area contributed by atoms with E-state index in [4.69, 9.17) is 0 Å². The van der Waals surface area contributed by atoms with Crippen molar-refractivity contribution in [2.45, 2.75) is 19.4 Å². The summed E-state index contributed by atoms with van der Waals surface area (Å²) in [7, 11) is 0. The van der Waals surface area contributed by atoms with Gasteiger partial charge in [0.15, 0.2) is 0 Å². The number of hydrazone groups is 1. The summed E-state index contributed by atoms with van der Waals surface area (Å²) in [6.07, 6.45) is 0.527. The molecule has 5 rings (SSSR count). The standard InChI is InChI=1S/C28H28F2N4O/c1-20-9-11-21(12-10-20)27-18-25(22-5-4-6-23(29)17-22)31-34(27)28(35)19-32-13-15-33(16-14-32)26-8-3-2-7-24(26)30/h2-12,17,27H,13-16,18-19H2,1H3. The maximum atomic E-state index is 14.2. The van der Waals surface area contributed by atoms with Gasteiger partial charge in [0, 0.05) is 38.2 Å². The van der Waals surface area contributed by atoms with E-state index in [-0.39, 0.29) is 30.1 Å². The molecule has 0 bridgehead atoms. The highest BCUT2D eigenvalue weighted by Gasteiger charge is 2.34. The molecule has 1 saturated heterocycles. The summed E-state index contributed by atoms with van der Waals surface area (Å²) in [6.45, 7) is 4.86. The molecule has 0 spiro atoms. The average Bonchev–Trinajstić information content (AvgIpc) is 3.31. The minimum absolute atomic E-state index is 0.0960. The van der Waals surface area contributed by atoms with Crippen LogP contribution in [-0.4, -0.2) is 54.3 Å². The van der Waals surface area contributed by atoms with Gasteiger partial charge in [0.05, 0.1) is 24.0 Å². The van der Waals surface area contributed by atoms with Gasteiger partial charge in [-0.05, 0) is 36.8 Å². The van der Waals surface area contributed by atoms with Crippen LogP contribution in [0.25, 0.3) is 0 Å². The molecule has 1 unspecified atom stereocenters. The lowest BCUT2D eigenvalue weighted by Crippen LogP contribution is -2.49. The van der Waals surface area contributed by atoms with Crippen molar-refractivity contribution in [1.82, 2.24) is 9.91 Å². The van der Waals surface area contributed by atoms with Gasteiger partial charge in [-0.15, -0.1) is 0 Å². The third kappa shape index (κ3) is 5.10. The third-order valence-corrected chi connectivity index (χ3v) is 6.71. The van der Waals surface area contributed by atoms with E-state index in [1.165, 1.54) is 18.2 Å². The maximum absolute atomic E-state index is 14.2. The quantitative estimate of drug-likeness (QED) is 0.535. The topological polar surface area (TPSA) is 39.2 Å². The zero-order valence-electron chi connectivity index (χ0n) is 19.7. The number of para-hydroxylation sites is 1. The highest BCUT2D eigenvalue weighted by atomic mass is 19.1. The van der Waals surface area contributed by atoms with Crippen molar-refractivity contribution in [2.75, 3.05) is 37.6 Å². The Bertz CT molecular complexity index is 1240. The Balaban J connectivity index is 1.31. The highest BCUT2D eigenvalue weighted by molar-refractivity contribution is 6.03. The number of carbonyl (C=O) groups is 1. The average molecular weight is 475 g/mol. The Morgan fingerprint density at radius 1 is 0.943 bits per heavy atom. The van der Waals surface area contributed by atoms with Crippen LogP contribution in [0.3, 0.4) is 0 Å². The molecule has 0 aromatic heterocycles. The highest BCUT2D eigenvalue weighted by Crippen LogP contribution is 2.33. The molecular formula is C28H28F2N4O. The summed E-state index contributed by atoms with van der Waals surface area (Å²) in [5, 5.41) is 6.23. The van der Waals surface area contributed by atoms with E-state index in [0.29, 0.717) is 49.6 Å². The summed E-state index contributed by atoms with van der Waals surface area (Å²) in [4.78, 5) is 17.5. The largest absolute Gasteiger partial charge is 0.367 e. The number of nitrogens with zero attached hydrogens (tertiary/aromatic N) is 4. The number of aryl methyl sites for hydroxylation is 1. The van der Waals surface area contributed by atoms with Gasteiger partial charge in [-0.25, -0.2) is 13.8 Å². The minimum Gasteiger partial charge on any atom is -0.367 e. The number of amides is 1. The first-order valence-corrected chi connectivity index (χ1v) is 11.9. The lowest BCUT2D eigenvalue weighted by molar-refractivity contribution is -0.134. The van der Waals surface area contributed by atoms with E-state index in [0.717, 1.165) is 11.1 Å². The summed E-state index contributed by atoms with van der Waals surface area (Å²) < 4.78 is 28.0. The number of piperazine rings is 1. The monoisotopic (exact) mass is 474 g/mol. The molecule has 0 saturated carbocycles. The molecule has 1 amide bonds. The van der Waals surface area contributed by atoms with Crippen molar-refractivity contribution < 1.29 is 13.6 Å². The molecule has 2 aliphatic heterocycles. The third-order valence-electron chi connectivity index (χ3n) is 6.71. The van der Waals surface area contributed by atoms with Crippen molar-refractivity contribution in [3.8, 4) is 0 Å². The summed E-state index contributed by atoms with van der Waals surface area (Å²) in [5.74, 6) is -0.648. The Morgan fingerprint density at radius 2 is 1.69 bits per heavy atom. The van der Waals surface area contributed by atoms with Gasteiger partial charge < -0.3 is 4.90 Å². The SMILES string of the molecule is Cc1ccc(C2CC(c3cccc(F)c3)=NN2C(=O)CN2CCN(c3ccccc3F)CC2)cc1. The summed E-state index contributed by atoms with van der Waals surface area (Å²) in [5.41, 5.74) is 4.14. The van der Waals surface area contributed by atoms with E-state index in [9.17, 15) is 13.6 Å². The number of hydrogen-bond donors (Lipinski definition) is 0. The van der Waals surface area contributed by atoms with Gasteiger partial charge in [-0.2, -0.15) is 5.10 Å². The molecule has 0 aliphatic carbocycles. The molecule has 2 heterocycles. The second kappa shape index (κ2) is 9.96. The van der Waals surface area contributed by atoms with E-state index >= 15 is 0 Å². The Kier molecular flexibility index (Phi) is 6.59. The molecule has 7 heteroatoms. The lowest BCUT2D eigenvalue weighted by atomic mass is 9.97. The fraction of sp³-hybridized carbons (Fsp3) is 0.286. The molecular weight excluding hydrogens is 446 g/mol. The molecule has 1 atom stereocenters. The molecule has 3 aromatic carbocycles. The van der Waals surface area contributed by atoms with Crippen molar-refractivity contribution in [2.24, 2.45) is 5.10 Å². The van der Waals surface area contributed by atoms with Crippen LogP contribution in [-0.2, 0) is 4.79 Å². The molecule has 1 fully saturated rings. The molecule has 3 aromatic rings. The van der Waals surface area contributed by atoms with Crippen LogP contribution in [0.1, 0.15) is 29.2 Å². The first-order valence-electron chi connectivity index (χ1n) is 11.9. The van der Waals surface area contributed by atoms with Crippen LogP contribution in [0, 0.1) is 18.6 Å². The maximum Gasteiger partial charge on any atom is 0.257 e. The number of hydrogen-bond acceptors (Lipinski definition) is 4. The fourth-order valence-corrected chi connectivity index (χ4v) is 4.75. The van der Waals surface area contributed by atoms with Gasteiger partial charge in [0.25, 0.3) is 5.91 Å². The van der Waals surface area contributed by atoms with E-state index in [1.54, 1.807) is 23.2 Å². The van der Waals surface area contributed by atoms with Gasteiger partial charge >= 0.3 is 0 Å². The Morgan fingerprint density at radius 3 is 2.40 bits per heavy atom. The van der Waals surface area contributed by atoms with Gasteiger partial charge in [0.2, 0.25) is 0 Å². The van der Waals surface area contributed by atoms with Crippen LogP contribution in [0.15, 0.2) is 77.9 Å². The van der Waals surface area contributed by atoms with E-state index < -0.39 is 0 Å². The second-order valence-electron chi connectivity index (χ2n) is 9.14. The van der Waals surface area contributed by atoms with Crippen molar-refractivity contribution in [3.05, 3.63) is 101 Å². The Labute approximate surface area is 204 Å². The molecule has 0 N–H and O–H groups in total. The van der Waals surface area contributed by atoms with Gasteiger partial charge in [0.1, 0.15) is 11.6 Å². The first-order chi connectivity index (χ1) is 17.0.